The molecule has 1 aromatic heterocycles. The summed E-state index contributed by atoms with van der Waals surface area (Å²) in [5.74, 6) is -0.248. The fourth-order valence-corrected chi connectivity index (χ4v) is 1.78. The van der Waals surface area contributed by atoms with Gasteiger partial charge in [0.05, 0.1) is 11.2 Å². The number of benzene rings is 1. The van der Waals surface area contributed by atoms with Crippen molar-refractivity contribution >= 4 is 34.1 Å². The van der Waals surface area contributed by atoms with Gasteiger partial charge in [0.2, 0.25) is 5.91 Å². The normalized spacial score (nSPS) is 10.7. The highest BCUT2D eigenvalue weighted by molar-refractivity contribution is 6.29. The number of amides is 1. The van der Waals surface area contributed by atoms with Crippen molar-refractivity contribution in [2.45, 2.75) is 6.92 Å². The van der Waals surface area contributed by atoms with Crippen LogP contribution < -0.4 is 5.32 Å². The Morgan fingerprint density at radius 3 is 3.00 bits per heavy atom. The maximum Gasteiger partial charge on any atom is 0.239 e. The van der Waals surface area contributed by atoms with Crippen molar-refractivity contribution in [2.75, 3.05) is 11.2 Å². The first kappa shape index (κ1) is 11.0. The Kier molecular flexibility index (Phi) is 2.83. The number of halogens is 1. The zero-order valence-electron chi connectivity index (χ0n) is 9.12. The SMILES string of the molecule is Cc1nn(C)c2cc(NC(=O)CCl)ccc12. The predicted molar refractivity (Wildman–Crippen MR) is 64.8 cm³/mol. The summed E-state index contributed by atoms with van der Waals surface area (Å²) in [4.78, 5) is 11.1. The predicted octanol–water partition coefficient (Wildman–Crippen LogP) is 2.06. The molecule has 5 heteroatoms. The van der Waals surface area contributed by atoms with Gasteiger partial charge in [-0.25, -0.2) is 0 Å². The second kappa shape index (κ2) is 4.14. The van der Waals surface area contributed by atoms with Crippen LogP contribution in [0.5, 0.6) is 0 Å². The number of nitrogens with zero attached hydrogens (tertiary/aromatic N) is 2. The lowest BCUT2D eigenvalue weighted by atomic mass is 10.2. The van der Waals surface area contributed by atoms with Crippen molar-refractivity contribution in [3.8, 4) is 0 Å². The van der Waals surface area contributed by atoms with E-state index in [4.69, 9.17) is 11.6 Å². The third-order valence-corrected chi connectivity index (χ3v) is 2.68. The second-order valence-corrected chi connectivity index (χ2v) is 3.89. The molecule has 2 aromatic rings. The summed E-state index contributed by atoms with van der Waals surface area (Å²) in [6.07, 6.45) is 0. The number of carbonyl (C=O) groups is 1. The van der Waals surface area contributed by atoms with Crippen molar-refractivity contribution in [3.63, 3.8) is 0 Å². The van der Waals surface area contributed by atoms with Crippen LogP contribution in [0, 0.1) is 6.92 Å². The first-order chi connectivity index (χ1) is 7.61. The van der Waals surface area contributed by atoms with E-state index in [1.165, 1.54) is 0 Å². The average molecular weight is 238 g/mol. The molecule has 0 saturated carbocycles. The van der Waals surface area contributed by atoms with Gasteiger partial charge in [-0.15, -0.1) is 11.6 Å². The maximum absolute atomic E-state index is 11.1. The highest BCUT2D eigenvalue weighted by Crippen LogP contribution is 2.21. The highest BCUT2D eigenvalue weighted by atomic mass is 35.5. The maximum atomic E-state index is 11.1. The van der Waals surface area contributed by atoms with Crippen molar-refractivity contribution in [3.05, 3.63) is 23.9 Å². The first-order valence-corrected chi connectivity index (χ1v) is 5.44. The second-order valence-electron chi connectivity index (χ2n) is 3.62. The van der Waals surface area contributed by atoms with Crippen LogP contribution in [0.25, 0.3) is 10.9 Å². The van der Waals surface area contributed by atoms with Crippen LogP contribution in [0.2, 0.25) is 0 Å². The molecule has 16 heavy (non-hydrogen) atoms. The Labute approximate surface area is 98.2 Å². The van der Waals surface area contributed by atoms with E-state index in [2.05, 4.69) is 10.4 Å². The number of fused-ring (bicyclic) bond motifs is 1. The molecule has 0 aliphatic rings. The molecular formula is C11H12ClN3O. The smallest absolute Gasteiger partial charge is 0.239 e. The zero-order chi connectivity index (χ0) is 11.7. The minimum Gasteiger partial charge on any atom is -0.325 e. The summed E-state index contributed by atoms with van der Waals surface area (Å²) in [6.45, 7) is 1.96. The monoisotopic (exact) mass is 237 g/mol. The Hall–Kier alpha value is -1.55. The topological polar surface area (TPSA) is 46.9 Å². The fraction of sp³-hybridized carbons (Fsp3) is 0.273. The van der Waals surface area contributed by atoms with Crippen molar-refractivity contribution < 1.29 is 4.79 Å². The molecule has 1 amide bonds. The van der Waals surface area contributed by atoms with E-state index in [-0.39, 0.29) is 11.8 Å². The van der Waals surface area contributed by atoms with Crippen LogP contribution >= 0.6 is 11.6 Å². The molecule has 1 heterocycles. The molecule has 0 spiro atoms. The van der Waals surface area contributed by atoms with E-state index in [1.807, 2.05) is 32.2 Å². The quantitative estimate of drug-likeness (QED) is 0.813. The molecule has 2 rings (SSSR count). The zero-order valence-corrected chi connectivity index (χ0v) is 9.88. The van der Waals surface area contributed by atoms with Crippen LogP contribution in [0.3, 0.4) is 0 Å². The van der Waals surface area contributed by atoms with Gasteiger partial charge >= 0.3 is 0 Å². The number of hydrogen-bond donors (Lipinski definition) is 1. The molecule has 0 aliphatic heterocycles. The summed E-state index contributed by atoms with van der Waals surface area (Å²) >= 11 is 5.43. The van der Waals surface area contributed by atoms with Gasteiger partial charge in [0, 0.05) is 18.1 Å². The van der Waals surface area contributed by atoms with E-state index in [0.29, 0.717) is 0 Å². The molecule has 84 valence electrons. The molecule has 0 unspecified atom stereocenters. The molecule has 0 radical (unpaired) electrons. The summed E-state index contributed by atoms with van der Waals surface area (Å²) < 4.78 is 1.79. The van der Waals surface area contributed by atoms with Crippen molar-refractivity contribution in [1.29, 1.82) is 0 Å². The Morgan fingerprint density at radius 2 is 2.31 bits per heavy atom. The third kappa shape index (κ3) is 1.88. The lowest BCUT2D eigenvalue weighted by Gasteiger charge is -2.03. The lowest BCUT2D eigenvalue weighted by Crippen LogP contribution is -2.12. The highest BCUT2D eigenvalue weighted by Gasteiger charge is 2.06. The van der Waals surface area contributed by atoms with E-state index >= 15 is 0 Å². The number of rotatable bonds is 2. The summed E-state index contributed by atoms with van der Waals surface area (Å²) in [6, 6.07) is 5.68. The number of hydrogen-bond acceptors (Lipinski definition) is 2. The molecule has 0 bridgehead atoms. The molecule has 0 aliphatic carbocycles. The number of aromatic nitrogens is 2. The van der Waals surface area contributed by atoms with E-state index in [9.17, 15) is 4.79 Å². The lowest BCUT2D eigenvalue weighted by molar-refractivity contribution is -0.113. The molecule has 0 saturated heterocycles. The molecular weight excluding hydrogens is 226 g/mol. The molecule has 4 nitrogen and oxygen atoms in total. The number of aryl methyl sites for hydroxylation is 2. The van der Waals surface area contributed by atoms with Crippen molar-refractivity contribution in [1.82, 2.24) is 9.78 Å². The summed E-state index contributed by atoms with van der Waals surface area (Å²) in [7, 11) is 1.88. The van der Waals surface area contributed by atoms with Gasteiger partial charge in [-0.1, -0.05) is 0 Å². The largest absolute Gasteiger partial charge is 0.325 e. The van der Waals surface area contributed by atoms with Gasteiger partial charge in [0.15, 0.2) is 0 Å². The molecule has 0 fully saturated rings. The van der Waals surface area contributed by atoms with Crippen LogP contribution in [-0.2, 0) is 11.8 Å². The molecule has 1 aromatic carbocycles. The fourth-order valence-electron chi connectivity index (χ4n) is 1.71. The van der Waals surface area contributed by atoms with Crippen LogP contribution in [0.15, 0.2) is 18.2 Å². The van der Waals surface area contributed by atoms with Crippen molar-refractivity contribution in [2.24, 2.45) is 7.05 Å². The van der Waals surface area contributed by atoms with Crippen LogP contribution in [-0.4, -0.2) is 21.6 Å². The summed E-state index contributed by atoms with van der Waals surface area (Å²) in [5, 5.41) is 8.11. The van der Waals surface area contributed by atoms with Gasteiger partial charge in [0.25, 0.3) is 0 Å². The number of alkyl halides is 1. The summed E-state index contributed by atoms with van der Waals surface area (Å²) in [5.41, 5.74) is 2.71. The number of anilines is 1. The van der Waals surface area contributed by atoms with Gasteiger partial charge in [-0.3, -0.25) is 9.48 Å². The average Bonchev–Trinajstić information content (AvgIpc) is 2.54. The Bertz CT molecular complexity index is 547. The van der Waals surface area contributed by atoms with Gasteiger partial charge < -0.3 is 5.32 Å². The van der Waals surface area contributed by atoms with Gasteiger partial charge in [-0.05, 0) is 25.1 Å². The Morgan fingerprint density at radius 1 is 1.56 bits per heavy atom. The minimum absolute atomic E-state index is 0.0392. The minimum atomic E-state index is -0.208. The first-order valence-electron chi connectivity index (χ1n) is 4.91. The van der Waals surface area contributed by atoms with E-state index < -0.39 is 0 Å². The molecule has 0 atom stereocenters. The van der Waals surface area contributed by atoms with Crippen LogP contribution in [0.1, 0.15) is 5.69 Å². The standard InChI is InChI=1S/C11H12ClN3O/c1-7-9-4-3-8(13-11(16)6-12)5-10(9)15(2)14-7/h3-5H,6H2,1-2H3,(H,13,16). The van der Waals surface area contributed by atoms with Gasteiger partial charge in [0.1, 0.15) is 5.88 Å². The van der Waals surface area contributed by atoms with Crippen LogP contribution in [0.4, 0.5) is 5.69 Å². The van der Waals surface area contributed by atoms with Gasteiger partial charge in [-0.2, -0.15) is 5.10 Å². The number of nitrogens with one attached hydrogen (secondary N) is 1. The molecule has 1 N–H and O–H groups in total. The van der Waals surface area contributed by atoms with E-state index in [1.54, 1.807) is 4.68 Å². The van der Waals surface area contributed by atoms with E-state index in [0.717, 1.165) is 22.3 Å². The third-order valence-electron chi connectivity index (χ3n) is 2.44. The Balaban J connectivity index is 2.43. The number of carbonyl (C=O) groups excluding carboxylic acids is 1.